The van der Waals surface area contributed by atoms with Crippen molar-refractivity contribution in [3.05, 3.63) is 86.6 Å². The van der Waals surface area contributed by atoms with Gasteiger partial charge in [0.2, 0.25) is 0 Å². The van der Waals surface area contributed by atoms with Crippen molar-refractivity contribution in [1.29, 1.82) is 0 Å². The third kappa shape index (κ3) is 5.52. The summed E-state index contributed by atoms with van der Waals surface area (Å²) in [6, 6.07) is 12.9. The van der Waals surface area contributed by atoms with Crippen molar-refractivity contribution in [3.63, 3.8) is 0 Å². The number of aromatic nitrogens is 1. The zero-order valence-electron chi connectivity index (χ0n) is 15.2. The van der Waals surface area contributed by atoms with E-state index in [2.05, 4.69) is 10.3 Å². The van der Waals surface area contributed by atoms with Crippen molar-refractivity contribution in [2.45, 2.75) is 19.7 Å². The van der Waals surface area contributed by atoms with Gasteiger partial charge in [0.1, 0.15) is 6.61 Å². The van der Waals surface area contributed by atoms with Gasteiger partial charge >= 0.3 is 0 Å². The van der Waals surface area contributed by atoms with Gasteiger partial charge in [-0.25, -0.2) is 0 Å². The van der Waals surface area contributed by atoms with Crippen LogP contribution in [0, 0.1) is 0 Å². The molecule has 1 heterocycles. The molecule has 28 heavy (non-hydrogen) atoms. The van der Waals surface area contributed by atoms with Crippen LogP contribution >= 0.6 is 34.8 Å². The molecular formula is C21H19Cl3N2O2. The molecule has 1 aromatic heterocycles. The Labute approximate surface area is 179 Å². The fourth-order valence-corrected chi connectivity index (χ4v) is 3.16. The highest BCUT2D eigenvalue weighted by atomic mass is 35.5. The van der Waals surface area contributed by atoms with Gasteiger partial charge in [0, 0.05) is 36.6 Å². The third-order valence-electron chi connectivity index (χ3n) is 4.08. The van der Waals surface area contributed by atoms with Crippen molar-refractivity contribution in [3.8, 4) is 11.5 Å². The molecule has 0 atom stereocenters. The van der Waals surface area contributed by atoms with Gasteiger partial charge in [-0.1, -0.05) is 46.9 Å². The minimum Gasteiger partial charge on any atom is -0.493 e. The highest BCUT2D eigenvalue weighted by molar-refractivity contribution is 6.42. The van der Waals surface area contributed by atoms with E-state index in [4.69, 9.17) is 44.3 Å². The molecule has 0 aliphatic carbocycles. The van der Waals surface area contributed by atoms with Crippen LogP contribution in [0.25, 0.3) is 0 Å². The van der Waals surface area contributed by atoms with E-state index in [1.54, 1.807) is 31.5 Å². The monoisotopic (exact) mass is 436 g/mol. The predicted octanol–water partition coefficient (Wildman–Crippen LogP) is 5.92. The normalized spacial score (nSPS) is 10.7. The van der Waals surface area contributed by atoms with E-state index in [0.29, 0.717) is 46.3 Å². The van der Waals surface area contributed by atoms with Crippen LogP contribution in [0.3, 0.4) is 0 Å². The molecule has 0 spiro atoms. The van der Waals surface area contributed by atoms with E-state index in [0.717, 1.165) is 16.7 Å². The number of nitrogens with zero attached hydrogens (tertiary/aromatic N) is 1. The first kappa shape index (κ1) is 20.7. The minimum atomic E-state index is 0.322. The second-order valence-corrected chi connectivity index (χ2v) is 7.32. The summed E-state index contributed by atoms with van der Waals surface area (Å²) in [6.07, 6.45) is 3.58. The Morgan fingerprint density at radius 3 is 2.46 bits per heavy atom. The predicted molar refractivity (Wildman–Crippen MR) is 114 cm³/mol. The smallest absolute Gasteiger partial charge is 0.163 e. The average molecular weight is 438 g/mol. The standard InChI is InChI=1S/C21H19Cl3N2O2/c1-27-20-8-16(12-26-11-15-3-2-6-25-10-15)18(23)9-21(20)28-13-14-4-5-17(22)19(24)7-14/h2-10,26H,11-13H2,1H3. The van der Waals surface area contributed by atoms with Crippen LogP contribution in [-0.4, -0.2) is 12.1 Å². The van der Waals surface area contributed by atoms with Crippen LogP contribution in [-0.2, 0) is 19.7 Å². The molecular weight excluding hydrogens is 419 g/mol. The molecule has 0 radical (unpaired) electrons. The molecule has 0 saturated heterocycles. The summed E-state index contributed by atoms with van der Waals surface area (Å²) in [4.78, 5) is 4.10. The van der Waals surface area contributed by atoms with Gasteiger partial charge in [-0.3, -0.25) is 4.98 Å². The van der Waals surface area contributed by atoms with Gasteiger partial charge in [0.05, 0.1) is 17.2 Å². The highest BCUT2D eigenvalue weighted by Gasteiger charge is 2.11. The van der Waals surface area contributed by atoms with Crippen molar-refractivity contribution in [2.75, 3.05) is 7.11 Å². The summed E-state index contributed by atoms with van der Waals surface area (Å²) in [5.74, 6) is 1.18. The zero-order valence-corrected chi connectivity index (χ0v) is 17.5. The summed E-state index contributed by atoms with van der Waals surface area (Å²) in [6.45, 7) is 1.61. The molecule has 0 unspecified atom stereocenters. The molecule has 0 amide bonds. The summed E-state index contributed by atoms with van der Waals surface area (Å²) in [5.41, 5.74) is 2.92. The number of nitrogens with one attached hydrogen (secondary N) is 1. The highest BCUT2D eigenvalue weighted by Crippen LogP contribution is 2.34. The number of methoxy groups -OCH3 is 1. The Hall–Kier alpha value is -1.98. The molecule has 3 rings (SSSR count). The Bertz CT molecular complexity index is 936. The number of benzene rings is 2. The third-order valence-corrected chi connectivity index (χ3v) is 5.17. The molecule has 7 heteroatoms. The lowest BCUT2D eigenvalue weighted by Crippen LogP contribution is -2.13. The van der Waals surface area contributed by atoms with Crippen molar-refractivity contribution >= 4 is 34.8 Å². The quantitative estimate of drug-likeness (QED) is 0.475. The molecule has 0 saturated carbocycles. The summed E-state index contributed by atoms with van der Waals surface area (Å²) < 4.78 is 11.3. The van der Waals surface area contributed by atoms with E-state index in [1.807, 2.05) is 30.5 Å². The van der Waals surface area contributed by atoms with Crippen LogP contribution in [0.15, 0.2) is 54.9 Å². The van der Waals surface area contributed by atoms with Crippen molar-refractivity contribution in [2.24, 2.45) is 0 Å². The van der Waals surface area contributed by atoms with Gasteiger partial charge in [-0.05, 0) is 41.0 Å². The summed E-state index contributed by atoms with van der Waals surface area (Å²) >= 11 is 18.4. The Balaban J connectivity index is 1.65. The Morgan fingerprint density at radius 2 is 1.75 bits per heavy atom. The maximum atomic E-state index is 6.44. The van der Waals surface area contributed by atoms with Crippen molar-refractivity contribution < 1.29 is 9.47 Å². The van der Waals surface area contributed by atoms with Gasteiger partial charge in [-0.15, -0.1) is 0 Å². The van der Waals surface area contributed by atoms with Crippen LogP contribution in [0.4, 0.5) is 0 Å². The number of ether oxygens (including phenoxy) is 2. The lowest BCUT2D eigenvalue weighted by atomic mass is 10.2. The van der Waals surface area contributed by atoms with E-state index >= 15 is 0 Å². The second kappa shape index (κ2) is 9.99. The molecule has 3 aromatic rings. The van der Waals surface area contributed by atoms with E-state index in [-0.39, 0.29) is 0 Å². The number of halogens is 3. The Morgan fingerprint density at radius 1 is 0.893 bits per heavy atom. The number of hydrogen-bond acceptors (Lipinski definition) is 4. The van der Waals surface area contributed by atoms with Crippen LogP contribution in [0.2, 0.25) is 15.1 Å². The van der Waals surface area contributed by atoms with Crippen LogP contribution in [0.5, 0.6) is 11.5 Å². The maximum Gasteiger partial charge on any atom is 0.163 e. The average Bonchev–Trinajstić information content (AvgIpc) is 2.71. The minimum absolute atomic E-state index is 0.322. The SMILES string of the molecule is COc1cc(CNCc2cccnc2)c(Cl)cc1OCc1ccc(Cl)c(Cl)c1. The number of hydrogen-bond donors (Lipinski definition) is 1. The number of pyridine rings is 1. The molecule has 4 nitrogen and oxygen atoms in total. The fraction of sp³-hybridized carbons (Fsp3) is 0.190. The lowest BCUT2D eigenvalue weighted by molar-refractivity contribution is 0.284. The van der Waals surface area contributed by atoms with Crippen LogP contribution in [0.1, 0.15) is 16.7 Å². The molecule has 1 N–H and O–H groups in total. The van der Waals surface area contributed by atoms with E-state index in [1.165, 1.54) is 0 Å². The molecule has 0 aliphatic heterocycles. The molecule has 2 aromatic carbocycles. The van der Waals surface area contributed by atoms with Gasteiger partial charge in [0.15, 0.2) is 11.5 Å². The van der Waals surface area contributed by atoms with E-state index in [9.17, 15) is 0 Å². The summed E-state index contributed by atoms with van der Waals surface area (Å²) in [5, 5.41) is 4.95. The Kier molecular flexibility index (Phi) is 7.40. The molecule has 0 bridgehead atoms. The topological polar surface area (TPSA) is 43.4 Å². The first-order chi connectivity index (χ1) is 13.6. The lowest BCUT2D eigenvalue weighted by Gasteiger charge is -2.14. The largest absolute Gasteiger partial charge is 0.493 e. The first-order valence-corrected chi connectivity index (χ1v) is 9.73. The van der Waals surface area contributed by atoms with Gasteiger partial charge < -0.3 is 14.8 Å². The van der Waals surface area contributed by atoms with Crippen LogP contribution < -0.4 is 14.8 Å². The fourth-order valence-electron chi connectivity index (χ4n) is 2.62. The molecule has 146 valence electrons. The number of rotatable bonds is 8. The maximum absolute atomic E-state index is 6.44. The van der Waals surface area contributed by atoms with E-state index < -0.39 is 0 Å². The summed E-state index contributed by atoms with van der Waals surface area (Å²) in [7, 11) is 1.60. The second-order valence-electron chi connectivity index (χ2n) is 6.10. The first-order valence-electron chi connectivity index (χ1n) is 8.59. The zero-order chi connectivity index (χ0) is 19.9. The van der Waals surface area contributed by atoms with Crippen molar-refractivity contribution in [1.82, 2.24) is 10.3 Å². The van der Waals surface area contributed by atoms with Gasteiger partial charge in [0.25, 0.3) is 0 Å². The van der Waals surface area contributed by atoms with Gasteiger partial charge in [-0.2, -0.15) is 0 Å². The molecule has 0 aliphatic rings. The molecule has 0 fully saturated rings.